The Kier molecular flexibility index (Phi) is 5.29. The topological polar surface area (TPSA) is 59.6 Å². The SMILES string of the molecule is CCOc1ccc([C@@H]2CNC[C@@H]2NC(=O)OC(C)(C)C)cc1. The molecule has 1 saturated heterocycles. The highest BCUT2D eigenvalue weighted by Crippen LogP contribution is 2.25. The first-order chi connectivity index (χ1) is 10.4. The van der Waals surface area contributed by atoms with E-state index < -0.39 is 5.60 Å². The van der Waals surface area contributed by atoms with Crippen LogP contribution in [0.1, 0.15) is 39.2 Å². The van der Waals surface area contributed by atoms with Crippen LogP contribution in [-0.4, -0.2) is 37.4 Å². The number of rotatable bonds is 4. The molecule has 1 heterocycles. The number of alkyl carbamates (subject to hydrolysis) is 1. The van der Waals surface area contributed by atoms with Gasteiger partial charge in [-0.3, -0.25) is 0 Å². The van der Waals surface area contributed by atoms with Gasteiger partial charge in [-0.25, -0.2) is 4.79 Å². The maximum atomic E-state index is 11.9. The molecule has 0 aliphatic carbocycles. The smallest absolute Gasteiger partial charge is 0.407 e. The summed E-state index contributed by atoms with van der Waals surface area (Å²) in [6.07, 6.45) is -0.364. The molecule has 1 aliphatic heterocycles. The van der Waals surface area contributed by atoms with E-state index in [1.807, 2.05) is 39.8 Å². The van der Waals surface area contributed by atoms with Gasteiger partial charge in [-0.15, -0.1) is 0 Å². The summed E-state index contributed by atoms with van der Waals surface area (Å²) in [4.78, 5) is 11.9. The van der Waals surface area contributed by atoms with Crippen molar-refractivity contribution in [2.45, 2.75) is 45.3 Å². The van der Waals surface area contributed by atoms with Crippen LogP contribution in [0.3, 0.4) is 0 Å². The van der Waals surface area contributed by atoms with E-state index in [4.69, 9.17) is 9.47 Å². The van der Waals surface area contributed by atoms with Crippen LogP contribution < -0.4 is 15.4 Å². The van der Waals surface area contributed by atoms with Gasteiger partial charge in [0.25, 0.3) is 0 Å². The number of ether oxygens (including phenoxy) is 2. The average molecular weight is 306 g/mol. The molecule has 0 spiro atoms. The van der Waals surface area contributed by atoms with E-state index in [1.165, 1.54) is 5.56 Å². The van der Waals surface area contributed by atoms with Crippen molar-refractivity contribution >= 4 is 6.09 Å². The lowest BCUT2D eigenvalue weighted by molar-refractivity contribution is 0.0504. The minimum absolute atomic E-state index is 0.0350. The molecule has 2 N–H and O–H groups in total. The second-order valence-electron chi connectivity index (χ2n) is 6.52. The van der Waals surface area contributed by atoms with Crippen molar-refractivity contribution in [1.29, 1.82) is 0 Å². The van der Waals surface area contributed by atoms with Crippen molar-refractivity contribution in [3.05, 3.63) is 29.8 Å². The average Bonchev–Trinajstić information content (AvgIpc) is 2.86. The molecule has 1 amide bonds. The zero-order chi connectivity index (χ0) is 16.2. The van der Waals surface area contributed by atoms with Gasteiger partial charge in [0.05, 0.1) is 12.6 Å². The van der Waals surface area contributed by atoms with Crippen molar-refractivity contribution in [3.8, 4) is 5.75 Å². The molecule has 1 fully saturated rings. The van der Waals surface area contributed by atoms with Gasteiger partial charge in [0.2, 0.25) is 0 Å². The molecule has 0 saturated carbocycles. The Morgan fingerprint density at radius 2 is 1.95 bits per heavy atom. The molecule has 5 heteroatoms. The number of carbonyl (C=O) groups excluding carboxylic acids is 1. The van der Waals surface area contributed by atoms with E-state index in [0.29, 0.717) is 6.61 Å². The van der Waals surface area contributed by atoms with Gasteiger partial charge in [-0.2, -0.15) is 0 Å². The molecule has 1 aromatic rings. The van der Waals surface area contributed by atoms with E-state index in [9.17, 15) is 4.79 Å². The Hall–Kier alpha value is -1.75. The second kappa shape index (κ2) is 7.01. The van der Waals surface area contributed by atoms with Crippen molar-refractivity contribution in [3.63, 3.8) is 0 Å². The minimum Gasteiger partial charge on any atom is -0.494 e. The van der Waals surface area contributed by atoms with E-state index in [-0.39, 0.29) is 18.1 Å². The Bertz CT molecular complexity index is 494. The molecule has 0 unspecified atom stereocenters. The van der Waals surface area contributed by atoms with Gasteiger partial charge < -0.3 is 20.1 Å². The number of nitrogens with one attached hydrogen (secondary N) is 2. The summed E-state index contributed by atoms with van der Waals surface area (Å²) < 4.78 is 10.8. The van der Waals surface area contributed by atoms with Crippen molar-refractivity contribution < 1.29 is 14.3 Å². The molecule has 0 aromatic heterocycles. The molecule has 0 bridgehead atoms. The first kappa shape index (κ1) is 16.6. The molecule has 2 rings (SSSR count). The standard InChI is InChI=1S/C17H26N2O3/c1-5-21-13-8-6-12(7-9-13)14-10-18-11-15(14)19-16(20)22-17(2,3)4/h6-9,14-15,18H,5,10-11H2,1-4H3,(H,19,20)/t14-,15-/m0/s1. The first-order valence-corrected chi connectivity index (χ1v) is 7.82. The normalized spacial score (nSPS) is 21.5. The van der Waals surface area contributed by atoms with Crippen LogP contribution in [0, 0.1) is 0 Å². The summed E-state index contributed by atoms with van der Waals surface area (Å²) in [5, 5.41) is 6.30. The monoisotopic (exact) mass is 306 g/mol. The van der Waals surface area contributed by atoms with Crippen LogP contribution in [0.4, 0.5) is 4.79 Å². The highest BCUT2D eigenvalue weighted by Gasteiger charge is 2.31. The minimum atomic E-state index is -0.481. The molecular formula is C17H26N2O3. The lowest BCUT2D eigenvalue weighted by Gasteiger charge is -2.24. The fourth-order valence-corrected chi connectivity index (χ4v) is 2.62. The Morgan fingerprint density at radius 3 is 2.55 bits per heavy atom. The van der Waals surface area contributed by atoms with E-state index >= 15 is 0 Å². The lowest BCUT2D eigenvalue weighted by Crippen LogP contribution is -2.42. The van der Waals surface area contributed by atoms with E-state index in [2.05, 4.69) is 22.8 Å². The van der Waals surface area contributed by atoms with Gasteiger partial charge >= 0.3 is 6.09 Å². The molecule has 122 valence electrons. The van der Waals surface area contributed by atoms with Crippen LogP contribution in [0.25, 0.3) is 0 Å². The third-order valence-electron chi connectivity index (χ3n) is 3.54. The van der Waals surface area contributed by atoms with E-state index in [1.54, 1.807) is 0 Å². The zero-order valence-electron chi connectivity index (χ0n) is 13.8. The van der Waals surface area contributed by atoms with Gasteiger partial charge in [0.1, 0.15) is 11.4 Å². The summed E-state index contributed by atoms with van der Waals surface area (Å²) >= 11 is 0. The number of hydrogen-bond acceptors (Lipinski definition) is 4. The van der Waals surface area contributed by atoms with Crippen molar-refractivity contribution in [2.75, 3.05) is 19.7 Å². The van der Waals surface area contributed by atoms with Crippen LogP contribution in [0.15, 0.2) is 24.3 Å². The van der Waals surface area contributed by atoms with Gasteiger partial charge in [0.15, 0.2) is 0 Å². The van der Waals surface area contributed by atoms with Crippen LogP contribution >= 0.6 is 0 Å². The van der Waals surface area contributed by atoms with E-state index in [0.717, 1.165) is 18.8 Å². The Balaban J connectivity index is 1.99. The fourth-order valence-electron chi connectivity index (χ4n) is 2.62. The van der Waals surface area contributed by atoms with Gasteiger partial charge in [-0.05, 0) is 45.4 Å². The Morgan fingerprint density at radius 1 is 1.27 bits per heavy atom. The third-order valence-corrected chi connectivity index (χ3v) is 3.54. The summed E-state index contributed by atoms with van der Waals surface area (Å²) in [5.74, 6) is 1.11. The molecule has 1 aromatic carbocycles. The zero-order valence-corrected chi connectivity index (χ0v) is 13.8. The fraction of sp³-hybridized carbons (Fsp3) is 0.588. The molecule has 2 atom stereocenters. The second-order valence-corrected chi connectivity index (χ2v) is 6.52. The van der Waals surface area contributed by atoms with Crippen LogP contribution in [-0.2, 0) is 4.74 Å². The molecule has 5 nitrogen and oxygen atoms in total. The summed E-state index contributed by atoms with van der Waals surface area (Å²) in [6.45, 7) is 9.81. The summed E-state index contributed by atoms with van der Waals surface area (Å²) in [5.41, 5.74) is 0.708. The molecule has 1 aliphatic rings. The largest absolute Gasteiger partial charge is 0.494 e. The number of benzene rings is 1. The number of carbonyl (C=O) groups is 1. The quantitative estimate of drug-likeness (QED) is 0.898. The maximum Gasteiger partial charge on any atom is 0.407 e. The molecule has 22 heavy (non-hydrogen) atoms. The maximum absolute atomic E-state index is 11.9. The molecular weight excluding hydrogens is 280 g/mol. The molecule has 0 radical (unpaired) electrons. The lowest BCUT2D eigenvalue weighted by atomic mass is 9.94. The summed E-state index contributed by atoms with van der Waals surface area (Å²) in [7, 11) is 0. The first-order valence-electron chi connectivity index (χ1n) is 7.82. The van der Waals surface area contributed by atoms with Gasteiger partial charge in [-0.1, -0.05) is 12.1 Å². The highest BCUT2D eigenvalue weighted by molar-refractivity contribution is 5.68. The van der Waals surface area contributed by atoms with Crippen molar-refractivity contribution in [1.82, 2.24) is 10.6 Å². The number of amides is 1. The van der Waals surface area contributed by atoms with Crippen LogP contribution in [0.2, 0.25) is 0 Å². The number of hydrogen-bond donors (Lipinski definition) is 2. The summed E-state index contributed by atoms with van der Waals surface area (Å²) in [6, 6.07) is 8.11. The van der Waals surface area contributed by atoms with Crippen LogP contribution in [0.5, 0.6) is 5.75 Å². The highest BCUT2D eigenvalue weighted by atomic mass is 16.6. The predicted molar refractivity (Wildman–Crippen MR) is 86.4 cm³/mol. The predicted octanol–water partition coefficient (Wildman–Crippen LogP) is 2.67. The Labute approximate surface area is 132 Å². The third kappa shape index (κ3) is 4.63. The van der Waals surface area contributed by atoms with Gasteiger partial charge in [0, 0.05) is 19.0 Å². The van der Waals surface area contributed by atoms with Crippen molar-refractivity contribution in [2.24, 2.45) is 0 Å².